The van der Waals surface area contributed by atoms with Crippen LogP contribution in [0, 0.1) is 0 Å². The van der Waals surface area contributed by atoms with Crippen molar-refractivity contribution in [1.29, 1.82) is 0 Å². The van der Waals surface area contributed by atoms with Gasteiger partial charge in [0.2, 0.25) is 5.78 Å². The molecule has 82 valence electrons. The fourth-order valence-corrected chi connectivity index (χ4v) is 2.14. The largest absolute Gasteiger partial charge is 0.446 e. The number of carbonyl (C=O) groups excluding carboxylic acids is 1. The molecule has 0 radical (unpaired) electrons. The van der Waals surface area contributed by atoms with Gasteiger partial charge in [-0.2, -0.15) is 0 Å². The van der Waals surface area contributed by atoms with E-state index in [9.17, 15) is 4.79 Å². The molecule has 0 saturated carbocycles. The van der Waals surface area contributed by atoms with Crippen LogP contribution < -0.4 is 0 Å². The van der Waals surface area contributed by atoms with E-state index in [1.165, 1.54) is 0 Å². The second-order valence-corrected chi connectivity index (χ2v) is 5.03. The lowest BCUT2D eigenvalue weighted by molar-refractivity contribution is 0.0965. The molecule has 0 aliphatic heterocycles. The van der Waals surface area contributed by atoms with Gasteiger partial charge >= 0.3 is 0 Å². The predicted octanol–water partition coefficient (Wildman–Crippen LogP) is 4.23. The third-order valence-corrected chi connectivity index (χ3v) is 3.02. The summed E-state index contributed by atoms with van der Waals surface area (Å²) in [5.41, 5.74) is 0.965. The molecule has 2 aromatic rings. The van der Waals surface area contributed by atoms with Crippen LogP contribution in [0.15, 0.2) is 50.0 Å². The first kappa shape index (κ1) is 11.6. The first-order valence-electron chi connectivity index (χ1n) is 4.68. The van der Waals surface area contributed by atoms with Crippen LogP contribution in [0.4, 0.5) is 0 Å². The molecule has 0 aliphatic rings. The molecule has 4 heteroatoms. The molecular weight excluding hydrogens is 336 g/mol. The van der Waals surface area contributed by atoms with Gasteiger partial charge in [0, 0.05) is 10.9 Å². The molecular formula is C12H8Br2O2. The summed E-state index contributed by atoms with van der Waals surface area (Å²) in [7, 11) is 0. The van der Waals surface area contributed by atoms with Crippen molar-refractivity contribution in [2.75, 3.05) is 0 Å². The molecule has 0 fully saturated rings. The van der Waals surface area contributed by atoms with Crippen LogP contribution in [0.25, 0.3) is 0 Å². The van der Waals surface area contributed by atoms with Gasteiger partial charge in [-0.3, -0.25) is 4.79 Å². The van der Waals surface area contributed by atoms with Crippen molar-refractivity contribution in [3.8, 4) is 0 Å². The molecule has 0 amide bonds. The lowest BCUT2D eigenvalue weighted by Crippen LogP contribution is -2.01. The number of Topliss-reactive ketones (excluding diaryl/α,β-unsaturated/α-hetero) is 1. The summed E-state index contributed by atoms with van der Waals surface area (Å²) in [4.78, 5) is 11.8. The molecule has 1 aromatic carbocycles. The summed E-state index contributed by atoms with van der Waals surface area (Å²) in [6, 6.07) is 11.1. The first-order chi connectivity index (χ1) is 7.65. The Morgan fingerprint density at radius 2 is 2.00 bits per heavy atom. The second-order valence-electron chi connectivity index (χ2n) is 3.33. The molecule has 0 N–H and O–H groups in total. The number of furan rings is 1. The number of hydrogen-bond donors (Lipinski definition) is 0. The average Bonchev–Trinajstić information content (AvgIpc) is 2.65. The standard InChI is InChI=1S/C12H8Br2O2/c13-9-3-1-2-8(6-9)7-10(15)11-4-5-12(14)16-11/h1-6H,7H2. The maximum absolute atomic E-state index is 11.8. The van der Waals surface area contributed by atoms with Gasteiger partial charge in [-0.15, -0.1) is 0 Å². The molecule has 2 nitrogen and oxygen atoms in total. The highest BCUT2D eigenvalue weighted by molar-refractivity contribution is 9.10. The minimum Gasteiger partial charge on any atom is -0.446 e. The molecule has 0 aliphatic carbocycles. The van der Waals surface area contributed by atoms with Gasteiger partial charge < -0.3 is 4.42 Å². The zero-order chi connectivity index (χ0) is 11.5. The fourth-order valence-electron chi connectivity index (χ4n) is 1.38. The number of ketones is 1. The highest BCUT2D eigenvalue weighted by Gasteiger charge is 2.11. The van der Waals surface area contributed by atoms with Crippen molar-refractivity contribution in [3.05, 3.63) is 56.9 Å². The Labute approximate surface area is 110 Å². The average molecular weight is 344 g/mol. The third kappa shape index (κ3) is 2.83. The van der Waals surface area contributed by atoms with Crippen molar-refractivity contribution in [2.45, 2.75) is 6.42 Å². The highest BCUT2D eigenvalue weighted by atomic mass is 79.9. The Morgan fingerprint density at radius 3 is 2.62 bits per heavy atom. The summed E-state index contributed by atoms with van der Waals surface area (Å²) >= 11 is 6.54. The second kappa shape index (κ2) is 4.97. The van der Waals surface area contributed by atoms with Crippen LogP contribution in [-0.4, -0.2) is 5.78 Å². The van der Waals surface area contributed by atoms with Gasteiger partial charge in [0.15, 0.2) is 10.4 Å². The van der Waals surface area contributed by atoms with Gasteiger partial charge in [0.1, 0.15) is 0 Å². The SMILES string of the molecule is O=C(Cc1cccc(Br)c1)c1ccc(Br)o1. The van der Waals surface area contributed by atoms with Gasteiger partial charge in [0.05, 0.1) is 0 Å². The topological polar surface area (TPSA) is 30.2 Å². The van der Waals surface area contributed by atoms with Gasteiger partial charge in [-0.05, 0) is 45.8 Å². The van der Waals surface area contributed by atoms with E-state index in [0.29, 0.717) is 16.9 Å². The molecule has 0 atom stereocenters. The molecule has 2 rings (SSSR count). The van der Waals surface area contributed by atoms with E-state index in [0.717, 1.165) is 10.0 Å². The molecule has 0 unspecified atom stereocenters. The Bertz CT molecular complexity index is 517. The molecule has 0 bridgehead atoms. The van der Waals surface area contributed by atoms with E-state index in [4.69, 9.17) is 4.42 Å². The summed E-state index contributed by atoms with van der Waals surface area (Å²) in [6.45, 7) is 0. The van der Waals surface area contributed by atoms with Gasteiger partial charge in [-0.25, -0.2) is 0 Å². The zero-order valence-electron chi connectivity index (χ0n) is 8.24. The highest BCUT2D eigenvalue weighted by Crippen LogP contribution is 2.17. The van der Waals surface area contributed by atoms with Crippen molar-refractivity contribution in [2.24, 2.45) is 0 Å². The van der Waals surface area contributed by atoms with Crippen LogP contribution in [0.5, 0.6) is 0 Å². The monoisotopic (exact) mass is 342 g/mol. The first-order valence-corrected chi connectivity index (χ1v) is 6.27. The Morgan fingerprint density at radius 1 is 1.19 bits per heavy atom. The Hall–Kier alpha value is -0.870. The van der Waals surface area contributed by atoms with Crippen molar-refractivity contribution in [1.82, 2.24) is 0 Å². The number of halogens is 2. The Balaban J connectivity index is 2.13. The molecule has 0 spiro atoms. The van der Waals surface area contributed by atoms with E-state index in [-0.39, 0.29) is 5.78 Å². The summed E-state index contributed by atoms with van der Waals surface area (Å²) < 4.78 is 6.75. The number of hydrogen-bond acceptors (Lipinski definition) is 2. The van der Waals surface area contributed by atoms with Crippen LogP contribution in [0.3, 0.4) is 0 Å². The lowest BCUT2D eigenvalue weighted by atomic mass is 10.1. The van der Waals surface area contributed by atoms with Crippen LogP contribution in [0.1, 0.15) is 16.1 Å². The van der Waals surface area contributed by atoms with Crippen molar-refractivity contribution >= 4 is 37.6 Å². The lowest BCUT2D eigenvalue weighted by Gasteiger charge is -1.99. The van der Waals surface area contributed by atoms with Crippen LogP contribution in [0.2, 0.25) is 0 Å². The smallest absolute Gasteiger partial charge is 0.202 e. The van der Waals surface area contributed by atoms with Gasteiger partial charge in [-0.1, -0.05) is 28.1 Å². The van der Waals surface area contributed by atoms with E-state index in [2.05, 4.69) is 31.9 Å². The summed E-state index contributed by atoms with van der Waals surface area (Å²) in [6.07, 6.45) is 0.347. The summed E-state index contributed by atoms with van der Waals surface area (Å²) in [5, 5.41) is 0. The van der Waals surface area contributed by atoms with Crippen LogP contribution in [-0.2, 0) is 6.42 Å². The van der Waals surface area contributed by atoms with Crippen LogP contribution >= 0.6 is 31.9 Å². The van der Waals surface area contributed by atoms with E-state index >= 15 is 0 Å². The number of rotatable bonds is 3. The third-order valence-electron chi connectivity index (χ3n) is 2.10. The summed E-state index contributed by atoms with van der Waals surface area (Å²) in [5.74, 6) is 0.357. The zero-order valence-corrected chi connectivity index (χ0v) is 11.4. The predicted molar refractivity (Wildman–Crippen MR) is 68.6 cm³/mol. The molecule has 16 heavy (non-hydrogen) atoms. The minimum atomic E-state index is -0.0243. The van der Waals surface area contributed by atoms with Crippen molar-refractivity contribution < 1.29 is 9.21 Å². The molecule has 0 saturated heterocycles. The minimum absolute atomic E-state index is 0.0243. The molecule has 1 aromatic heterocycles. The maximum atomic E-state index is 11.8. The quantitative estimate of drug-likeness (QED) is 0.780. The van der Waals surface area contributed by atoms with Crippen molar-refractivity contribution in [3.63, 3.8) is 0 Å². The van der Waals surface area contributed by atoms with E-state index in [1.807, 2.05) is 24.3 Å². The molecule has 1 heterocycles. The number of benzene rings is 1. The number of carbonyl (C=O) groups is 1. The maximum Gasteiger partial charge on any atom is 0.202 e. The van der Waals surface area contributed by atoms with E-state index < -0.39 is 0 Å². The normalized spacial score (nSPS) is 10.4. The van der Waals surface area contributed by atoms with E-state index in [1.54, 1.807) is 12.1 Å². The van der Waals surface area contributed by atoms with Gasteiger partial charge in [0.25, 0.3) is 0 Å². The Kier molecular flexibility index (Phi) is 3.61. The fraction of sp³-hybridized carbons (Fsp3) is 0.0833.